The van der Waals surface area contributed by atoms with Gasteiger partial charge in [-0.3, -0.25) is 9.10 Å². The van der Waals surface area contributed by atoms with Gasteiger partial charge in [-0.05, 0) is 79.9 Å². The molecule has 1 N–H and O–H groups in total. The van der Waals surface area contributed by atoms with Crippen LogP contribution in [0.1, 0.15) is 16.7 Å². The maximum Gasteiger partial charge on any atom is 0.264 e. The van der Waals surface area contributed by atoms with Crippen LogP contribution in [0, 0.1) is 20.8 Å². The lowest BCUT2D eigenvalue weighted by atomic mass is 10.1. The van der Waals surface area contributed by atoms with Crippen LogP contribution in [0.25, 0.3) is 0 Å². The van der Waals surface area contributed by atoms with E-state index in [1.807, 2.05) is 45.0 Å². The minimum Gasteiger partial charge on any atom is -0.497 e. The van der Waals surface area contributed by atoms with E-state index in [1.54, 1.807) is 24.3 Å². The molecule has 1 amide bonds. The largest absolute Gasteiger partial charge is 0.497 e. The van der Waals surface area contributed by atoms with Gasteiger partial charge < -0.3 is 19.5 Å². The Kier molecular flexibility index (Phi) is 7.40. The third kappa shape index (κ3) is 5.26. The molecule has 190 valence electrons. The number of carbonyl (C=O) groups is 1. The van der Waals surface area contributed by atoms with E-state index in [0.29, 0.717) is 17.2 Å². The molecule has 0 aliphatic carbocycles. The number of carbonyl (C=O) groups excluding carboxylic acids is 1. The Balaban J connectivity index is 1.49. The van der Waals surface area contributed by atoms with Crippen LogP contribution in [-0.4, -0.2) is 47.2 Å². The molecule has 1 atom stereocenters. The van der Waals surface area contributed by atoms with Crippen LogP contribution in [0.5, 0.6) is 17.2 Å². The first-order chi connectivity index (χ1) is 17.2. The molecule has 0 fully saturated rings. The van der Waals surface area contributed by atoms with E-state index in [2.05, 4.69) is 5.32 Å². The molecule has 3 aromatic rings. The Morgan fingerprint density at radius 1 is 1.08 bits per heavy atom. The van der Waals surface area contributed by atoms with Crippen LogP contribution in [0.3, 0.4) is 0 Å². The number of rotatable bonds is 8. The summed E-state index contributed by atoms with van der Waals surface area (Å²) in [6.45, 7) is 6.23. The summed E-state index contributed by atoms with van der Waals surface area (Å²) in [5.74, 6) is 1.23. The summed E-state index contributed by atoms with van der Waals surface area (Å²) in [5, 5.41) is 2.80. The van der Waals surface area contributed by atoms with Crippen molar-refractivity contribution in [3.8, 4) is 17.2 Å². The molecule has 1 aliphatic rings. The van der Waals surface area contributed by atoms with Crippen LogP contribution in [0.2, 0.25) is 0 Å². The van der Waals surface area contributed by atoms with Gasteiger partial charge >= 0.3 is 0 Å². The van der Waals surface area contributed by atoms with E-state index >= 15 is 0 Å². The second-order valence-corrected chi connectivity index (χ2v) is 10.5. The van der Waals surface area contributed by atoms with Crippen molar-refractivity contribution in [1.82, 2.24) is 5.32 Å². The predicted octanol–water partition coefficient (Wildman–Crippen LogP) is 3.77. The molecule has 36 heavy (non-hydrogen) atoms. The van der Waals surface area contributed by atoms with E-state index < -0.39 is 22.0 Å². The number of nitrogens with zero attached hydrogens (tertiary/aromatic N) is 1. The number of hydrogen-bond donors (Lipinski definition) is 1. The maximum atomic E-state index is 13.6. The number of sulfonamides is 1. The average Bonchev–Trinajstić information content (AvgIpc) is 2.87. The van der Waals surface area contributed by atoms with Crippen molar-refractivity contribution in [2.45, 2.75) is 31.8 Å². The highest BCUT2D eigenvalue weighted by Gasteiger charge is 2.37. The van der Waals surface area contributed by atoms with E-state index in [4.69, 9.17) is 14.2 Å². The summed E-state index contributed by atoms with van der Waals surface area (Å²) in [6, 6.07) is 17.2. The summed E-state index contributed by atoms with van der Waals surface area (Å²) in [6.07, 6.45) is -1.02. The first kappa shape index (κ1) is 25.4. The van der Waals surface area contributed by atoms with Gasteiger partial charge in [-0.25, -0.2) is 8.42 Å². The number of ether oxygens (including phenoxy) is 3. The van der Waals surface area contributed by atoms with Gasteiger partial charge in [0.05, 0.1) is 30.8 Å². The Morgan fingerprint density at radius 3 is 2.56 bits per heavy atom. The van der Waals surface area contributed by atoms with Crippen LogP contribution in [-0.2, 0) is 14.8 Å². The van der Waals surface area contributed by atoms with Crippen molar-refractivity contribution >= 4 is 21.6 Å². The molecule has 9 heteroatoms. The lowest BCUT2D eigenvalue weighted by molar-refractivity contribution is -0.127. The van der Waals surface area contributed by atoms with Crippen molar-refractivity contribution in [1.29, 1.82) is 0 Å². The summed E-state index contributed by atoms with van der Waals surface area (Å²) >= 11 is 0. The highest BCUT2D eigenvalue weighted by Crippen LogP contribution is 2.38. The zero-order chi connectivity index (χ0) is 25.9. The zero-order valence-electron chi connectivity index (χ0n) is 20.8. The smallest absolute Gasteiger partial charge is 0.264 e. The topological polar surface area (TPSA) is 94.2 Å². The molecular weight excluding hydrogens is 480 g/mol. The predicted molar refractivity (Wildman–Crippen MR) is 138 cm³/mol. The first-order valence-corrected chi connectivity index (χ1v) is 13.1. The zero-order valence-corrected chi connectivity index (χ0v) is 21.6. The number of aryl methyl sites for hydroxylation is 2. The van der Waals surface area contributed by atoms with Crippen LogP contribution in [0.15, 0.2) is 65.6 Å². The highest BCUT2D eigenvalue weighted by atomic mass is 32.2. The Hall–Kier alpha value is -3.72. The van der Waals surface area contributed by atoms with Gasteiger partial charge in [0.1, 0.15) is 23.9 Å². The summed E-state index contributed by atoms with van der Waals surface area (Å²) in [4.78, 5) is 13.1. The first-order valence-electron chi connectivity index (χ1n) is 11.6. The standard InChI is InChI=1S/C27H30N2O6S/c1-18-8-13-23-25(16-18)35-26(17-29(23)36(31,32)22-11-9-21(33-4)10-12-22)27(30)28-14-15-34-24-7-5-6-19(2)20(24)3/h5-13,16,26H,14-15,17H2,1-4H3,(H,28,30). The molecule has 1 unspecified atom stereocenters. The van der Waals surface area contributed by atoms with Crippen molar-refractivity contribution in [3.05, 3.63) is 77.4 Å². The Bertz CT molecular complexity index is 1360. The van der Waals surface area contributed by atoms with Crippen LogP contribution >= 0.6 is 0 Å². The van der Waals surface area contributed by atoms with Crippen LogP contribution < -0.4 is 23.8 Å². The third-order valence-corrected chi connectivity index (χ3v) is 7.93. The van der Waals surface area contributed by atoms with Gasteiger partial charge in [0.15, 0.2) is 6.10 Å². The molecular formula is C27H30N2O6S. The van der Waals surface area contributed by atoms with Gasteiger partial charge in [0.2, 0.25) is 0 Å². The summed E-state index contributed by atoms with van der Waals surface area (Å²) in [7, 11) is -2.44. The third-order valence-electron chi connectivity index (χ3n) is 6.14. The van der Waals surface area contributed by atoms with E-state index in [1.165, 1.54) is 23.5 Å². The highest BCUT2D eigenvalue weighted by molar-refractivity contribution is 7.92. The fourth-order valence-corrected chi connectivity index (χ4v) is 5.41. The molecule has 0 bridgehead atoms. The Morgan fingerprint density at radius 2 is 1.83 bits per heavy atom. The molecule has 0 saturated heterocycles. The van der Waals surface area contributed by atoms with Crippen molar-refractivity contribution in [3.63, 3.8) is 0 Å². The fourth-order valence-electron chi connectivity index (χ4n) is 3.93. The van der Waals surface area contributed by atoms with Gasteiger partial charge in [-0.2, -0.15) is 0 Å². The molecule has 0 radical (unpaired) electrons. The summed E-state index contributed by atoms with van der Waals surface area (Å²) in [5.41, 5.74) is 3.45. The number of methoxy groups -OCH3 is 1. The van der Waals surface area contributed by atoms with E-state index in [-0.39, 0.29) is 24.6 Å². The van der Waals surface area contributed by atoms with Crippen molar-refractivity contribution < 1.29 is 27.4 Å². The minimum atomic E-state index is -3.96. The summed E-state index contributed by atoms with van der Waals surface area (Å²) < 4.78 is 45.2. The molecule has 4 rings (SSSR count). The normalized spacial score (nSPS) is 15.0. The minimum absolute atomic E-state index is 0.0952. The second-order valence-electron chi connectivity index (χ2n) is 8.63. The molecule has 0 aromatic heterocycles. The molecule has 0 spiro atoms. The SMILES string of the molecule is COc1ccc(S(=O)(=O)N2CC(C(=O)NCCOc3cccc(C)c3C)Oc3cc(C)ccc32)cc1. The fraction of sp³-hybridized carbons (Fsp3) is 0.296. The molecule has 8 nitrogen and oxygen atoms in total. The van der Waals surface area contributed by atoms with Crippen molar-refractivity contribution in [2.24, 2.45) is 0 Å². The number of anilines is 1. The number of fused-ring (bicyclic) bond motifs is 1. The Labute approximate surface area is 211 Å². The number of amides is 1. The number of hydrogen-bond acceptors (Lipinski definition) is 6. The lowest BCUT2D eigenvalue weighted by Gasteiger charge is -2.35. The molecule has 3 aromatic carbocycles. The van der Waals surface area contributed by atoms with Crippen LogP contribution in [0.4, 0.5) is 5.69 Å². The number of nitrogens with one attached hydrogen (secondary N) is 1. The monoisotopic (exact) mass is 510 g/mol. The lowest BCUT2D eigenvalue weighted by Crippen LogP contribution is -2.51. The maximum absolute atomic E-state index is 13.6. The quantitative estimate of drug-likeness (QED) is 0.464. The average molecular weight is 511 g/mol. The van der Waals surface area contributed by atoms with Crippen molar-refractivity contribution in [2.75, 3.05) is 31.1 Å². The van der Waals surface area contributed by atoms with Gasteiger partial charge in [0.25, 0.3) is 15.9 Å². The molecule has 0 saturated carbocycles. The van der Waals surface area contributed by atoms with E-state index in [0.717, 1.165) is 22.4 Å². The molecule has 1 heterocycles. The van der Waals surface area contributed by atoms with Gasteiger partial charge in [-0.15, -0.1) is 0 Å². The second kappa shape index (κ2) is 10.5. The number of benzene rings is 3. The van der Waals surface area contributed by atoms with E-state index in [9.17, 15) is 13.2 Å². The van der Waals surface area contributed by atoms with Gasteiger partial charge in [-0.1, -0.05) is 18.2 Å². The molecule has 1 aliphatic heterocycles. The van der Waals surface area contributed by atoms with Gasteiger partial charge in [0, 0.05) is 0 Å².